The summed E-state index contributed by atoms with van der Waals surface area (Å²) in [4.78, 5) is 24.1. The number of amides is 1. The van der Waals surface area contributed by atoms with E-state index in [4.69, 9.17) is 0 Å². The van der Waals surface area contributed by atoms with Crippen LogP contribution in [0.15, 0.2) is 24.3 Å². The molecule has 1 aliphatic carbocycles. The Bertz CT molecular complexity index is 599. The van der Waals surface area contributed by atoms with Crippen molar-refractivity contribution in [2.75, 3.05) is 11.5 Å². The Balaban J connectivity index is 1.64. The largest absolute Gasteiger partial charge is 0.481 e. The Morgan fingerprint density at radius 1 is 0.960 bits per heavy atom. The average molecular weight is 380 g/mol. The number of carboxylic acid groups (broad SMARTS) is 1. The number of aliphatic carboxylic acids is 1. The number of rotatable bonds is 4. The predicted molar refractivity (Wildman–Crippen MR) is 104 cm³/mol. The number of nitrogens with one attached hydrogen (secondary N) is 1. The van der Waals surface area contributed by atoms with Gasteiger partial charge in [0, 0.05) is 11.6 Å². The van der Waals surface area contributed by atoms with Crippen LogP contribution in [-0.2, 0) is 4.79 Å². The van der Waals surface area contributed by atoms with E-state index in [0.717, 1.165) is 25.7 Å². The molecule has 0 bridgehead atoms. The lowest BCUT2D eigenvalue weighted by molar-refractivity contribution is -0.142. The van der Waals surface area contributed by atoms with Crippen molar-refractivity contribution < 1.29 is 14.7 Å². The summed E-state index contributed by atoms with van der Waals surface area (Å²) in [7, 11) is 0. The van der Waals surface area contributed by atoms with Crippen molar-refractivity contribution in [1.82, 2.24) is 5.32 Å². The van der Waals surface area contributed by atoms with Crippen LogP contribution in [0.2, 0.25) is 0 Å². The van der Waals surface area contributed by atoms with E-state index in [-0.39, 0.29) is 11.9 Å². The Morgan fingerprint density at radius 3 is 2.32 bits per heavy atom. The highest BCUT2D eigenvalue weighted by Crippen LogP contribution is 2.43. The SMILES string of the molecule is O=C(N[C@H]1CCCCC[C@H]1C(=O)O)c1ccc(C2SCCCS2)cc1. The maximum atomic E-state index is 12.6. The molecule has 4 nitrogen and oxygen atoms in total. The summed E-state index contributed by atoms with van der Waals surface area (Å²) in [5, 5.41) is 12.4. The molecule has 1 saturated heterocycles. The molecule has 0 aromatic heterocycles. The maximum Gasteiger partial charge on any atom is 0.308 e. The Labute approximate surface area is 157 Å². The monoisotopic (exact) mass is 379 g/mol. The quantitative estimate of drug-likeness (QED) is 0.763. The Kier molecular flexibility index (Phi) is 6.70. The van der Waals surface area contributed by atoms with Gasteiger partial charge in [-0.05, 0) is 48.5 Å². The number of carbonyl (C=O) groups is 2. The highest BCUT2D eigenvalue weighted by atomic mass is 32.2. The minimum Gasteiger partial charge on any atom is -0.481 e. The molecule has 1 amide bonds. The summed E-state index contributed by atoms with van der Waals surface area (Å²) < 4.78 is 0.462. The fraction of sp³-hybridized carbons (Fsp3) is 0.579. The van der Waals surface area contributed by atoms with Crippen LogP contribution < -0.4 is 5.32 Å². The summed E-state index contributed by atoms with van der Waals surface area (Å²) in [5.74, 6) is 0.958. The fourth-order valence-electron chi connectivity index (χ4n) is 3.50. The van der Waals surface area contributed by atoms with E-state index < -0.39 is 11.9 Å². The third-order valence-corrected chi connectivity index (χ3v) is 7.94. The van der Waals surface area contributed by atoms with Crippen molar-refractivity contribution in [2.24, 2.45) is 5.92 Å². The van der Waals surface area contributed by atoms with Gasteiger partial charge in [-0.3, -0.25) is 9.59 Å². The van der Waals surface area contributed by atoms with E-state index in [1.54, 1.807) is 0 Å². The first-order valence-corrected chi connectivity index (χ1v) is 11.1. The highest BCUT2D eigenvalue weighted by molar-refractivity contribution is 8.16. The summed E-state index contributed by atoms with van der Waals surface area (Å²) in [6.07, 6.45) is 5.60. The lowest BCUT2D eigenvalue weighted by Crippen LogP contribution is -2.42. The molecule has 0 spiro atoms. The summed E-state index contributed by atoms with van der Waals surface area (Å²) >= 11 is 3.92. The summed E-state index contributed by atoms with van der Waals surface area (Å²) in [6.45, 7) is 0. The van der Waals surface area contributed by atoms with Crippen LogP contribution in [0.1, 0.15) is 59.0 Å². The lowest BCUT2D eigenvalue weighted by atomic mass is 9.94. The normalized spacial score (nSPS) is 25.1. The minimum atomic E-state index is -0.797. The number of hydrogen-bond donors (Lipinski definition) is 2. The number of benzene rings is 1. The molecule has 1 saturated carbocycles. The van der Waals surface area contributed by atoms with Crippen molar-refractivity contribution in [1.29, 1.82) is 0 Å². The van der Waals surface area contributed by atoms with Crippen LogP contribution >= 0.6 is 23.5 Å². The molecular weight excluding hydrogens is 354 g/mol. The topological polar surface area (TPSA) is 66.4 Å². The number of thioether (sulfide) groups is 2. The third kappa shape index (κ3) is 4.94. The van der Waals surface area contributed by atoms with Crippen molar-refractivity contribution in [3.05, 3.63) is 35.4 Å². The van der Waals surface area contributed by atoms with E-state index in [0.29, 0.717) is 16.6 Å². The van der Waals surface area contributed by atoms with Gasteiger partial charge in [0.25, 0.3) is 5.91 Å². The molecule has 6 heteroatoms. The maximum absolute atomic E-state index is 12.6. The van der Waals surface area contributed by atoms with Gasteiger partial charge in [-0.2, -0.15) is 0 Å². The minimum absolute atomic E-state index is 0.159. The molecule has 0 radical (unpaired) electrons. The van der Waals surface area contributed by atoms with E-state index >= 15 is 0 Å². The zero-order valence-electron chi connectivity index (χ0n) is 14.3. The van der Waals surface area contributed by atoms with Gasteiger partial charge in [-0.25, -0.2) is 0 Å². The molecule has 1 aromatic rings. The first-order valence-electron chi connectivity index (χ1n) is 9.02. The van der Waals surface area contributed by atoms with Crippen LogP contribution in [0, 0.1) is 5.92 Å². The number of carbonyl (C=O) groups excluding carboxylic acids is 1. The van der Waals surface area contributed by atoms with E-state index in [1.807, 2.05) is 47.8 Å². The van der Waals surface area contributed by atoms with Crippen LogP contribution in [0.4, 0.5) is 0 Å². The van der Waals surface area contributed by atoms with Crippen LogP contribution in [0.25, 0.3) is 0 Å². The molecule has 136 valence electrons. The van der Waals surface area contributed by atoms with Crippen molar-refractivity contribution in [3.8, 4) is 0 Å². The van der Waals surface area contributed by atoms with Gasteiger partial charge in [0.15, 0.2) is 0 Å². The van der Waals surface area contributed by atoms with Crippen LogP contribution in [0.3, 0.4) is 0 Å². The second-order valence-electron chi connectivity index (χ2n) is 6.71. The van der Waals surface area contributed by atoms with Gasteiger partial charge in [-0.15, -0.1) is 23.5 Å². The second-order valence-corrected chi connectivity index (χ2v) is 9.44. The molecule has 25 heavy (non-hydrogen) atoms. The summed E-state index contributed by atoms with van der Waals surface area (Å²) in [5.41, 5.74) is 1.87. The first-order chi connectivity index (χ1) is 12.1. The van der Waals surface area contributed by atoms with E-state index in [1.165, 1.54) is 23.5 Å². The van der Waals surface area contributed by atoms with E-state index in [9.17, 15) is 14.7 Å². The van der Waals surface area contributed by atoms with Crippen molar-refractivity contribution >= 4 is 35.4 Å². The van der Waals surface area contributed by atoms with Gasteiger partial charge < -0.3 is 10.4 Å². The Morgan fingerprint density at radius 2 is 1.64 bits per heavy atom. The van der Waals surface area contributed by atoms with Gasteiger partial charge in [-0.1, -0.05) is 31.4 Å². The van der Waals surface area contributed by atoms with Gasteiger partial charge in [0.05, 0.1) is 10.5 Å². The number of hydrogen-bond acceptors (Lipinski definition) is 4. The first kappa shape index (κ1) is 18.6. The van der Waals surface area contributed by atoms with Gasteiger partial charge >= 0.3 is 5.97 Å². The van der Waals surface area contributed by atoms with E-state index in [2.05, 4.69) is 5.32 Å². The zero-order chi connectivity index (χ0) is 17.6. The van der Waals surface area contributed by atoms with Gasteiger partial charge in [0.1, 0.15) is 0 Å². The highest BCUT2D eigenvalue weighted by Gasteiger charge is 2.30. The predicted octanol–water partition coefficient (Wildman–Crippen LogP) is 4.32. The average Bonchev–Trinajstić information content (AvgIpc) is 2.88. The third-order valence-electron chi connectivity index (χ3n) is 4.92. The molecule has 2 fully saturated rings. The lowest BCUT2D eigenvalue weighted by Gasteiger charge is -2.23. The second kappa shape index (κ2) is 8.99. The van der Waals surface area contributed by atoms with Crippen molar-refractivity contribution in [2.45, 2.75) is 49.1 Å². The fourth-order valence-corrected chi connectivity index (χ4v) is 6.39. The molecule has 2 N–H and O–H groups in total. The molecule has 3 rings (SSSR count). The zero-order valence-corrected chi connectivity index (χ0v) is 15.9. The van der Waals surface area contributed by atoms with Crippen LogP contribution in [-0.4, -0.2) is 34.5 Å². The van der Waals surface area contributed by atoms with Crippen LogP contribution in [0.5, 0.6) is 0 Å². The standard InChI is InChI=1S/C19H25NO3S2/c21-17(20-16-6-3-1-2-5-15(16)18(22)23)13-7-9-14(10-8-13)19-24-11-4-12-25-19/h7-10,15-16,19H,1-6,11-12H2,(H,20,21)(H,22,23)/t15-,16+/m1/s1. The molecular formula is C19H25NO3S2. The van der Waals surface area contributed by atoms with Crippen molar-refractivity contribution in [3.63, 3.8) is 0 Å². The molecule has 0 unspecified atom stereocenters. The molecule has 2 atom stereocenters. The Hall–Kier alpha value is -1.14. The van der Waals surface area contributed by atoms with Gasteiger partial charge in [0.2, 0.25) is 0 Å². The molecule has 1 heterocycles. The smallest absolute Gasteiger partial charge is 0.308 e. The molecule has 1 aromatic carbocycles. The summed E-state index contributed by atoms with van der Waals surface area (Å²) in [6, 6.07) is 7.54. The molecule has 2 aliphatic rings. The number of carboxylic acids is 1. The molecule has 1 aliphatic heterocycles.